The molecule has 3 rings (SSSR count). The van der Waals surface area contributed by atoms with Crippen LogP contribution in [0.2, 0.25) is 0 Å². The van der Waals surface area contributed by atoms with Crippen LogP contribution in [-0.2, 0) is 11.8 Å². The second kappa shape index (κ2) is 4.41. The third kappa shape index (κ3) is 1.98. The average molecular weight is 309 g/mol. The molecule has 0 radical (unpaired) electrons. The van der Waals surface area contributed by atoms with Gasteiger partial charge in [0, 0.05) is 7.05 Å². The Morgan fingerprint density at radius 1 is 1.10 bits per heavy atom. The Morgan fingerprint density at radius 2 is 1.81 bits per heavy atom. The molecular formula is C10H7N5O5S. The Hall–Kier alpha value is -2.69. The number of rotatable bonds is 1. The molecule has 3 N–H and O–H groups in total. The first-order valence-corrected chi connectivity index (χ1v) is 6.51. The second-order valence-corrected chi connectivity index (χ2v) is 5.32. The fourth-order valence-electron chi connectivity index (χ4n) is 1.91. The second-order valence-electron chi connectivity index (χ2n) is 4.24. The van der Waals surface area contributed by atoms with E-state index in [1.165, 1.54) is 7.05 Å². The summed E-state index contributed by atoms with van der Waals surface area (Å²) in [7, 11) is 1.35. The van der Waals surface area contributed by atoms with Crippen molar-refractivity contribution in [3.05, 3.63) is 36.9 Å². The standard InChI is InChI=1S/C10H7N5O5S/c1-15-5-3(7(17)13-9(15)19)11-2(6(16)12-5)4-8(18)14-10(20)21-4/h4H,1H3,(H,12,16)(H,13,17,19)(H,14,18,20). The van der Waals surface area contributed by atoms with Gasteiger partial charge in [0.05, 0.1) is 0 Å². The first-order valence-electron chi connectivity index (χ1n) is 5.63. The van der Waals surface area contributed by atoms with Crippen LogP contribution in [0.15, 0.2) is 14.4 Å². The van der Waals surface area contributed by atoms with Crippen LogP contribution < -0.4 is 22.1 Å². The summed E-state index contributed by atoms with van der Waals surface area (Å²) in [6.07, 6.45) is 0. The van der Waals surface area contributed by atoms with Gasteiger partial charge in [-0.15, -0.1) is 0 Å². The van der Waals surface area contributed by atoms with Crippen LogP contribution in [0.3, 0.4) is 0 Å². The summed E-state index contributed by atoms with van der Waals surface area (Å²) in [4.78, 5) is 66.2. The minimum absolute atomic E-state index is 0.0627. The van der Waals surface area contributed by atoms with E-state index >= 15 is 0 Å². The van der Waals surface area contributed by atoms with Gasteiger partial charge in [0.15, 0.2) is 5.52 Å². The molecule has 0 aliphatic carbocycles. The smallest absolute Gasteiger partial charge is 0.305 e. The number of H-pyrrole nitrogens is 2. The summed E-state index contributed by atoms with van der Waals surface area (Å²) in [6, 6.07) is 0. The highest BCUT2D eigenvalue weighted by Crippen LogP contribution is 2.31. The van der Waals surface area contributed by atoms with Crippen LogP contribution in [0, 0.1) is 0 Å². The molecule has 0 bridgehead atoms. The van der Waals surface area contributed by atoms with Gasteiger partial charge in [-0.1, -0.05) is 0 Å². The number of nitrogens with zero attached hydrogens (tertiary/aromatic N) is 2. The molecule has 108 valence electrons. The number of fused-ring (bicyclic) bond motifs is 1. The molecule has 1 saturated heterocycles. The number of hydrogen-bond acceptors (Lipinski definition) is 7. The Labute approximate surface area is 118 Å². The highest BCUT2D eigenvalue weighted by Gasteiger charge is 2.36. The largest absolute Gasteiger partial charge is 0.329 e. The number of nitrogens with one attached hydrogen (secondary N) is 3. The van der Waals surface area contributed by atoms with Gasteiger partial charge < -0.3 is 4.98 Å². The van der Waals surface area contributed by atoms with Crippen molar-refractivity contribution in [2.45, 2.75) is 5.25 Å². The van der Waals surface area contributed by atoms with Gasteiger partial charge in [0.25, 0.3) is 16.4 Å². The summed E-state index contributed by atoms with van der Waals surface area (Å²) in [6.45, 7) is 0. The molecule has 11 heteroatoms. The Bertz CT molecular complexity index is 970. The fraction of sp³-hybridized carbons (Fsp3) is 0.200. The molecule has 21 heavy (non-hydrogen) atoms. The van der Waals surface area contributed by atoms with Gasteiger partial charge in [-0.05, 0) is 11.8 Å². The van der Waals surface area contributed by atoms with E-state index in [1.807, 2.05) is 10.3 Å². The molecule has 1 fully saturated rings. The van der Waals surface area contributed by atoms with Crippen LogP contribution in [0.4, 0.5) is 4.79 Å². The van der Waals surface area contributed by atoms with Crippen molar-refractivity contribution in [2.75, 3.05) is 0 Å². The van der Waals surface area contributed by atoms with Crippen LogP contribution in [-0.4, -0.2) is 30.7 Å². The molecule has 1 aliphatic rings. The number of aromatic nitrogens is 4. The molecule has 0 aromatic carbocycles. The molecule has 0 spiro atoms. The summed E-state index contributed by atoms with van der Waals surface area (Å²) in [5.41, 5.74) is -2.77. The summed E-state index contributed by atoms with van der Waals surface area (Å²) < 4.78 is 1.02. The summed E-state index contributed by atoms with van der Waals surface area (Å²) in [5.74, 6) is -0.677. The van der Waals surface area contributed by atoms with E-state index in [-0.39, 0.29) is 16.9 Å². The zero-order valence-corrected chi connectivity index (χ0v) is 11.2. The predicted octanol–water partition coefficient (Wildman–Crippen LogP) is -1.67. The fourth-order valence-corrected chi connectivity index (χ4v) is 2.72. The lowest BCUT2D eigenvalue weighted by molar-refractivity contribution is -0.119. The van der Waals surface area contributed by atoms with Crippen LogP contribution in [0.1, 0.15) is 10.9 Å². The van der Waals surface area contributed by atoms with Crippen molar-refractivity contribution in [3.63, 3.8) is 0 Å². The number of aryl methyl sites for hydroxylation is 1. The molecular weight excluding hydrogens is 302 g/mol. The lowest BCUT2D eigenvalue weighted by Crippen LogP contribution is -2.33. The maximum Gasteiger partial charge on any atom is 0.329 e. The SMILES string of the molecule is Cn1c(=O)[nH]c(=O)c2nc(C3SC(=O)NC3=O)c(=O)[nH]c21. The highest BCUT2D eigenvalue weighted by atomic mass is 32.2. The number of hydrogen-bond donors (Lipinski definition) is 3. The minimum atomic E-state index is -1.12. The number of thioether (sulfide) groups is 1. The zero-order valence-electron chi connectivity index (χ0n) is 10.4. The van der Waals surface area contributed by atoms with Crippen molar-refractivity contribution in [1.82, 2.24) is 24.8 Å². The van der Waals surface area contributed by atoms with Crippen molar-refractivity contribution in [1.29, 1.82) is 0 Å². The summed E-state index contributed by atoms with van der Waals surface area (Å²) >= 11 is 0.600. The van der Waals surface area contributed by atoms with Gasteiger partial charge >= 0.3 is 5.69 Å². The molecule has 0 saturated carbocycles. The van der Waals surface area contributed by atoms with Crippen molar-refractivity contribution < 1.29 is 9.59 Å². The Kier molecular flexibility index (Phi) is 2.79. The Balaban J connectivity index is 2.33. The molecule has 2 aromatic heterocycles. The average Bonchev–Trinajstić information content (AvgIpc) is 2.74. The third-order valence-electron chi connectivity index (χ3n) is 2.93. The third-order valence-corrected chi connectivity index (χ3v) is 3.92. The van der Waals surface area contributed by atoms with Crippen LogP contribution in [0.5, 0.6) is 0 Å². The van der Waals surface area contributed by atoms with E-state index in [0.717, 1.165) is 4.57 Å². The first kappa shape index (κ1) is 13.3. The molecule has 1 unspecified atom stereocenters. The Morgan fingerprint density at radius 3 is 2.43 bits per heavy atom. The van der Waals surface area contributed by atoms with E-state index in [1.54, 1.807) is 0 Å². The maximum atomic E-state index is 12.0. The molecule has 1 aliphatic heterocycles. The monoisotopic (exact) mass is 309 g/mol. The zero-order chi connectivity index (χ0) is 15.3. The predicted molar refractivity (Wildman–Crippen MR) is 72.1 cm³/mol. The molecule has 1 atom stereocenters. The number of carbonyl (C=O) groups excluding carboxylic acids is 2. The number of aromatic amines is 2. The van der Waals surface area contributed by atoms with Gasteiger partial charge in [-0.2, -0.15) is 0 Å². The number of amides is 2. The van der Waals surface area contributed by atoms with Gasteiger partial charge in [-0.3, -0.25) is 34.0 Å². The summed E-state index contributed by atoms with van der Waals surface area (Å²) in [5, 5.41) is 0.307. The van der Waals surface area contributed by atoms with Crippen LogP contribution in [0.25, 0.3) is 11.2 Å². The highest BCUT2D eigenvalue weighted by molar-refractivity contribution is 8.15. The minimum Gasteiger partial charge on any atom is -0.305 e. The van der Waals surface area contributed by atoms with Crippen molar-refractivity contribution in [3.8, 4) is 0 Å². The first-order chi connectivity index (χ1) is 9.88. The molecule has 3 heterocycles. The van der Waals surface area contributed by atoms with Gasteiger partial charge in [0.1, 0.15) is 16.6 Å². The maximum absolute atomic E-state index is 12.0. The van der Waals surface area contributed by atoms with E-state index in [2.05, 4.69) is 9.97 Å². The molecule has 2 amide bonds. The van der Waals surface area contributed by atoms with E-state index in [4.69, 9.17) is 0 Å². The van der Waals surface area contributed by atoms with E-state index < -0.39 is 33.2 Å². The van der Waals surface area contributed by atoms with Gasteiger partial charge in [0.2, 0.25) is 5.91 Å². The molecule has 2 aromatic rings. The molecule has 10 nitrogen and oxygen atoms in total. The number of imide groups is 1. The lowest BCUT2D eigenvalue weighted by Gasteiger charge is -2.06. The number of carbonyl (C=O) groups is 2. The quantitative estimate of drug-likeness (QED) is 0.571. The van der Waals surface area contributed by atoms with Crippen molar-refractivity contribution in [2.24, 2.45) is 7.05 Å². The van der Waals surface area contributed by atoms with E-state index in [0.29, 0.717) is 11.8 Å². The normalized spacial score (nSPS) is 18.2. The van der Waals surface area contributed by atoms with Crippen molar-refractivity contribution >= 4 is 34.1 Å². The van der Waals surface area contributed by atoms with E-state index in [9.17, 15) is 24.0 Å². The topological polar surface area (TPSA) is 147 Å². The van der Waals surface area contributed by atoms with Gasteiger partial charge in [-0.25, -0.2) is 9.78 Å². The van der Waals surface area contributed by atoms with Crippen LogP contribution >= 0.6 is 11.8 Å². The lowest BCUT2D eigenvalue weighted by atomic mass is 10.3.